The lowest BCUT2D eigenvalue weighted by molar-refractivity contribution is -0.130. The van der Waals surface area contributed by atoms with Gasteiger partial charge in [0.05, 0.1) is 11.6 Å². The number of hydrogen-bond acceptors (Lipinski definition) is 6. The number of aromatic nitrogens is 2. The van der Waals surface area contributed by atoms with E-state index >= 15 is 0 Å². The summed E-state index contributed by atoms with van der Waals surface area (Å²) in [6.07, 6.45) is 8.16. The molecule has 0 saturated heterocycles. The van der Waals surface area contributed by atoms with Crippen LogP contribution in [0.2, 0.25) is 0 Å². The minimum Gasteiger partial charge on any atom is -0.472 e. The largest absolute Gasteiger partial charge is 0.472 e. The molecule has 172 valence electrons. The van der Waals surface area contributed by atoms with Gasteiger partial charge in [0.25, 0.3) is 0 Å². The monoisotopic (exact) mass is 455 g/mol. The van der Waals surface area contributed by atoms with Crippen molar-refractivity contribution in [2.45, 2.75) is 26.3 Å². The standard InChI is InChI=1S/C26H25N5O3/c1-3-19(12-13-31(17-32)18(2)4-11-25(33)34)14-20-5-8-22(9-6-20)30-26-23-15-21(27)7-10-24(23)28-16-29-26/h3,5-10,12-13,15-18H,14,27H2,1-2H3,(H,33,34)(H,28,29,30)/b13-12-,19-3+. The molecule has 0 spiro atoms. The van der Waals surface area contributed by atoms with Crippen LogP contribution >= 0.6 is 0 Å². The maximum absolute atomic E-state index is 11.4. The molecule has 2 aromatic carbocycles. The highest BCUT2D eigenvalue weighted by Crippen LogP contribution is 2.25. The van der Waals surface area contributed by atoms with E-state index in [1.54, 1.807) is 19.2 Å². The van der Waals surface area contributed by atoms with Crippen LogP contribution in [-0.2, 0) is 16.0 Å². The van der Waals surface area contributed by atoms with Crippen LogP contribution in [0.25, 0.3) is 10.9 Å². The third-order valence-electron chi connectivity index (χ3n) is 5.07. The number of nitrogen functional groups attached to an aromatic ring is 1. The van der Waals surface area contributed by atoms with Gasteiger partial charge in [-0.3, -0.25) is 4.79 Å². The molecule has 0 aliphatic carbocycles. The van der Waals surface area contributed by atoms with Crippen molar-refractivity contribution in [3.8, 4) is 11.8 Å². The van der Waals surface area contributed by atoms with E-state index in [1.165, 1.54) is 11.2 Å². The van der Waals surface area contributed by atoms with Crippen molar-refractivity contribution in [2.75, 3.05) is 11.1 Å². The van der Waals surface area contributed by atoms with Gasteiger partial charge in [-0.25, -0.2) is 14.8 Å². The van der Waals surface area contributed by atoms with Crippen molar-refractivity contribution in [3.63, 3.8) is 0 Å². The minimum atomic E-state index is -1.23. The van der Waals surface area contributed by atoms with Crippen LogP contribution in [0.1, 0.15) is 19.4 Å². The molecule has 0 radical (unpaired) electrons. The summed E-state index contributed by atoms with van der Waals surface area (Å²) in [5, 5.41) is 12.8. The molecule has 1 aromatic heterocycles. The summed E-state index contributed by atoms with van der Waals surface area (Å²) < 4.78 is 0. The third-order valence-corrected chi connectivity index (χ3v) is 5.07. The molecule has 0 saturated carbocycles. The first-order chi connectivity index (χ1) is 16.4. The van der Waals surface area contributed by atoms with E-state index in [0.717, 1.165) is 27.7 Å². The zero-order valence-electron chi connectivity index (χ0n) is 18.9. The number of carbonyl (C=O) groups excluding carboxylic acids is 1. The van der Waals surface area contributed by atoms with E-state index in [9.17, 15) is 9.59 Å². The fraction of sp³-hybridized carbons (Fsp3) is 0.154. The van der Waals surface area contributed by atoms with Gasteiger partial charge >= 0.3 is 5.97 Å². The van der Waals surface area contributed by atoms with Crippen molar-refractivity contribution >= 4 is 40.5 Å². The Kier molecular flexibility index (Phi) is 7.97. The number of carboxylic acids is 1. The Morgan fingerprint density at radius 2 is 2.00 bits per heavy atom. The average Bonchev–Trinajstić information content (AvgIpc) is 2.83. The van der Waals surface area contributed by atoms with E-state index in [2.05, 4.69) is 21.2 Å². The number of anilines is 3. The van der Waals surface area contributed by atoms with Crippen molar-refractivity contribution in [1.82, 2.24) is 14.9 Å². The number of fused-ring (bicyclic) bond motifs is 1. The Morgan fingerprint density at radius 3 is 2.68 bits per heavy atom. The molecule has 1 atom stereocenters. The molecule has 4 N–H and O–H groups in total. The van der Waals surface area contributed by atoms with E-state index in [1.807, 2.05) is 61.4 Å². The lowest BCUT2D eigenvalue weighted by Gasteiger charge is -2.16. The Labute approximate surface area is 197 Å². The number of amides is 1. The molecule has 8 heteroatoms. The van der Waals surface area contributed by atoms with Crippen molar-refractivity contribution < 1.29 is 14.7 Å². The second-order valence-electron chi connectivity index (χ2n) is 7.48. The summed E-state index contributed by atoms with van der Waals surface area (Å²) in [5.74, 6) is 4.00. The smallest absolute Gasteiger partial charge is 0.381 e. The number of nitrogens with two attached hydrogens (primary N) is 1. The van der Waals surface area contributed by atoms with Gasteiger partial charge < -0.3 is 21.1 Å². The molecule has 1 unspecified atom stereocenters. The van der Waals surface area contributed by atoms with Crippen LogP contribution in [0.4, 0.5) is 17.2 Å². The van der Waals surface area contributed by atoms with Gasteiger partial charge in [-0.2, -0.15) is 0 Å². The Hall–Kier alpha value is -4.64. The van der Waals surface area contributed by atoms with Crippen molar-refractivity contribution in [3.05, 3.63) is 78.3 Å². The van der Waals surface area contributed by atoms with Crippen LogP contribution < -0.4 is 11.1 Å². The van der Waals surface area contributed by atoms with E-state index in [-0.39, 0.29) is 0 Å². The summed E-state index contributed by atoms with van der Waals surface area (Å²) in [5.41, 5.74) is 10.3. The first-order valence-corrected chi connectivity index (χ1v) is 10.6. The molecule has 0 fully saturated rings. The molecule has 0 aliphatic heterocycles. The topological polar surface area (TPSA) is 121 Å². The van der Waals surface area contributed by atoms with Crippen LogP contribution in [0, 0.1) is 11.8 Å². The maximum Gasteiger partial charge on any atom is 0.381 e. The van der Waals surface area contributed by atoms with Crippen molar-refractivity contribution in [2.24, 2.45) is 0 Å². The Balaban J connectivity index is 1.68. The van der Waals surface area contributed by atoms with Gasteiger partial charge in [0.1, 0.15) is 12.1 Å². The van der Waals surface area contributed by atoms with Crippen LogP contribution in [0.3, 0.4) is 0 Å². The minimum absolute atomic E-state index is 0.554. The number of benzene rings is 2. The SMILES string of the molecule is C/C=C(\C=C/N(C=O)C(C)C#CC(=O)O)Cc1ccc(Nc2ncnc3ccc(N)cc23)cc1. The molecular weight excluding hydrogens is 430 g/mol. The number of rotatable bonds is 8. The predicted octanol–water partition coefficient (Wildman–Crippen LogP) is 3.89. The van der Waals surface area contributed by atoms with Gasteiger partial charge in [-0.05, 0) is 67.8 Å². The predicted molar refractivity (Wildman–Crippen MR) is 133 cm³/mol. The van der Waals surface area contributed by atoms with Crippen molar-refractivity contribution in [1.29, 1.82) is 0 Å². The number of carboxylic acid groups (broad SMARTS) is 1. The van der Waals surface area contributed by atoms with Crippen LogP contribution in [-0.4, -0.2) is 38.4 Å². The summed E-state index contributed by atoms with van der Waals surface area (Å²) in [4.78, 5) is 31.9. The molecule has 8 nitrogen and oxygen atoms in total. The zero-order chi connectivity index (χ0) is 24.5. The molecule has 0 bridgehead atoms. The fourth-order valence-corrected chi connectivity index (χ4v) is 3.19. The van der Waals surface area contributed by atoms with Gasteiger partial charge in [-0.15, -0.1) is 0 Å². The molecule has 3 aromatic rings. The number of carbonyl (C=O) groups is 2. The highest BCUT2D eigenvalue weighted by atomic mass is 16.4. The quantitative estimate of drug-likeness (QED) is 0.204. The first-order valence-electron chi connectivity index (χ1n) is 10.6. The lowest BCUT2D eigenvalue weighted by Crippen LogP contribution is -2.25. The van der Waals surface area contributed by atoms with Crippen LogP contribution in [0.5, 0.6) is 0 Å². The van der Waals surface area contributed by atoms with E-state index in [4.69, 9.17) is 10.8 Å². The molecule has 34 heavy (non-hydrogen) atoms. The molecule has 1 heterocycles. The summed E-state index contributed by atoms with van der Waals surface area (Å²) in [7, 11) is 0. The fourth-order valence-electron chi connectivity index (χ4n) is 3.19. The van der Waals surface area contributed by atoms with E-state index in [0.29, 0.717) is 24.3 Å². The number of hydrogen-bond donors (Lipinski definition) is 3. The van der Waals surface area contributed by atoms with E-state index < -0.39 is 12.0 Å². The summed E-state index contributed by atoms with van der Waals surface area (Å²) >= 11 is 0. The highest BCUT2D eigenvalue weighted by Gasteiger charge is 2.07. The van der Waals surface area contributed by atoms with Gasteiger partial charge in [0, 0.05) is 28.9 Å². The Morgan fingerprint density at radius 1 is 1.24 bits per heavy atom. The molecule has 3 rings (SSSR count). The first kappa shape index (κ1) is 24.0. The summed E-state index contributed by atoms with van der Waals surface area (Å²) in [6, 6.07) is 12.9. The van der Waals surface area contributed by atoms with Gasteiger partial charge in [0.15, 0.2) is 0 Å². The molecular formula is C26H25N5O3. The second-order valence-corrected chi connectivity index (χ2v) is 7.48. The number of aliphatic carboxylic acids is 1. The van der Waals surface area contributed by atoms with Crippen LogP contribution in [0.15, 0.2) is 72.7 Å². The number of nitrogens with one attached hydrogen (secondary N) is 1. The van der Waals surface area contributed by atoms with Gasteiger partial charge in [-0.1, -0.05) is 24.1 Å². The number of nitrogens with zero attached hydrogens (tertiary/aromatic N) is 3. The summed E-state index contributed by atoms with van der Waals surface area (Å²) in [6.45, 7) is 3.57. The highest BCUT2D eigenvalue weighted by molar-refractivity contribution is 5.92. The third kappa shape index (κ3) is 6.43. The normalized spacial score (nSPS) is 12.1. The molecule has 1 amide bonds. The molecule has 0 aliphatic rings. The second kappa shape index (κ2) is 11.3. The zero-order valence-corrected chi connectivity index (χ0v) is 18.9. The lowest BCUT2D eigenvalue weighted by atomic mass is 10.0. The number of allylic oxidation sites excluding steroid dienone is 3. The average molecular weight is 456 g/mol. The maximum atomic E-state index is 11.4. The Bertz CT molecular complexity index is 1300. The van der Waals surface area contributed by atoms with Gasteiger partial charge in [0.2, 0.25) is 6.41 Å².